The van der Waals surface area contributed by atoms with Gasteiger partial charge in [-0.05, 0) is 46.5 Å². The molecule has 1 fully saturated rings. The third kappa shape index (κ3) is 8.10. The molecule has 5 N–H and O–H groups in total. The Morgan fingerprint density at radius 3 is 2.22 bits per heavy atom. The van der Waals surface area contributed by atoms with Crippen molar-refractivity contribution in [2.45, 2.75) is 90.6 Å². The molecule has 0 bridgehead atoms. The summed E-state index contributed by atoms with van der Waals surface area (Å²) >= 11 is 0. The van der Waals surface area contributed by atoms with Crippen molar-refractivity contribution >= 4 is 29.7 Å². The Balaban J connectivity index is 2.71. The van der Waals surface area contributed by atoms with E-state index in [1.54, 1.807) is 34.6 Å². The number of rotatable bonds is 9. The molecule has 0 aromatic rings. The van der Waals surface area contributed by atoms with Crippen LogP contribution in [-0.4, -0.2) is 76.0 Å². The second-order valence-corrected chi connectivity index (χ2v) is 9.39. The molecule has 0 aromatic carbocycles. The van der Waals surface area contributed by atoms with Gasteiger partial charge in [0.05, 0.1) is 12.5 Å². The van der Waals surface area contributed by atoms with Crippen LogP contribution in [0.4, 0.5) is 0 Å². The fourth-order valence-electron chi connectivity index (χ4n) is 3.35. The molecule has 1 aliphatic rings. The Kier molecular flexibility index (Phi) is 9.62. The molecule has 182 valence electrons. The molecule has 11 nitrogen and oxygen atoms in total. The third-order valence-electron chi connectivity index (χ3n) is 4.94. The Hall–Kier alpha value is -2.69. The van der Waals surface area contributed by atoms with Gasteiger partial charge < -0.3 is 31.1 Å². The van der Waals surface area contributed by atoms with Crippen molar-refractivity contribution in [3.8, 4) is 0 Å². The van der Waals surface area contributed by atoms with Gasteiger partial charge in [-0.25, -0.2) is 4.79 Å². The largest absolute Gasteiger partial charge is 0.480 e. The van der Waals surface area contributed by atoms with Crippen LogP contribution in [-0.2, 0) is 28.7 Å². The number of carboxylic acids is 1. The molecule has 0 aliphatic carbocycles. The number of carbonyl (C=O) groups excluding carboxylic acids is 4. The quantitative estimate of drug-likeness (QED) is 0.345. The lowest BCUT2D eigenvalue weighted by Gasteiger charge is -2.29. The molecule has 0 radical (unpaired) electrons. The highest BCUT2D eigenvalue weighted by Crippen LogP contribution is 2.19. The topological polar surface area (TPSA) is 168 Å². The van der Waals surface area contributed by atoms with E-state index < -0.39 is 59.4 Å². The number of hydrogen-bond donors (Lipinski definition) is 4. The van der Waals surface area contributed by atoms with Gasteiger partial charge in [0.15, 0.2) is 0 Å². The maximum absolute atomic E-state index is 12.9. The molecule has 3 amide bonds. The van der Waals surface area contributed by atoms with Crippen LogP contribution in [0.3, 0.4) is 0 Å². The normalized spacial score (nSPS) is 19.1. The van der Waals surface area contributed by atoms with Crippen molar-refractivity contribution in [3.05, 3.63) is 0 Å². The van der Waals surface area contributed by atoms with Gasteiger partial charge in [0, 0.05) is 6.54 Å². The highest BCUT2D eigenvalue weighted by Gasteiger charge is 2.38. The number of hydrogen-bond acceptors (Lipinski definition) is 7. The Morgan fingerprint density at radius 1 is 1.12 bits per heavy atom. The number of ether oxygens (including phenoxy) is 1. The van der Waals surface area contributed by atoms with Crippen LogP contribution < -0.4 is 16.4 Å². The molecule has 0 unspecified atom stereocenters. The molecule has 1 rings (SSSR count). The van der Waals surface area contributed by atoms with Gasteiger partial charge in [0.1, 0.15) is 23.7 Å². The van der Waals surface area contributed by atoms with E-state index in [2.05, 4.69) is 10.6 Å². The Labute approximate surface area is 188 Å². The van der Waals surface area contributed by atoms with E-state index in [1.807, 2.05) is 0 Å². The van der Waals surface area contributed by atoms with Crippen LogP contribution in [0.1, 0.15) is 60.8 Å². The van der Waals surface area contributed by atoms with Crippen LogP contribution in [0, 0.1) is 5.92 Å². The van der Waals surface area contributed by atoms with E-state index in [0.29, 0.717) is 19.4 Å². The zero-order valence-corrected chi connectivity index (χ0v) is 19.6. The number of nitrogens with two attached hydrogens (primary N) is 1. The number of carboxylic acid groups (broad SMARTS) is 1. The summed E-state index contributed by atoms with van der Waals surface area (Å²) in [4.78, 5) is 62.4. The number of aliphatic carboxylic acids is 1. The summed E-state index contributed by atoms with van der Waals surface area (Å²) in [7, 11) is 0. The van der Waals surface area contributed by atoms with Crippen molar-refractivity contribution in [2.24, 2.45) is 11.7 Å². The molecular formula is C21H36N4O7. The summed E-state index contributed by atoms with van der Waals surface area (Å²) in [5.74, 6) is -3.83. The number of likely N-dealkylation sites (tertiary alicyclic amines) is 1. The second kappa shape index (κ2) is 11.3. The first-order valence-electron chi connectivity index (χ1n) is 10.8. The maximum atomic E-state index is 12.9. The van der Waals surface area contributed by atoms with E-state index >= 15 is 0 Å². The van der Waals surface area contributed by atoms with Crippen molar-refractivity contribution < 1.29 is 33.8 Å². The van der Waals surface area contributed by atoms with Crippen LogP contribution in [0.25, 0.3) is 0 Å². The average molecular weight is 457 g/mol. The van der Waals surface area contributed by atoms with E-state index in [9.17, 15) is 29.1 Å². The minimum atomic E-state index is -1.19. The van der Waals surface area contributed by atoms with Gasteiger partial charge in [-0.3, -0.25) is 19.2 Å². The first kappa shape index (κ1) is 27.3. The highest BCUT2D eigenvalue weighted by molar-refractivity contribution is 5.95. The van der Waals surface area contributed by atoms with Crippen LogP contribution >= 0.6 is 0 Å². The maximum Gasteiger partial charge on any atom is 0.326 e. The number of esters is 1. The molecule has 1 aliphatic heterocycles. The van der Waals surface area contributed by atoms with Gasteiger partial charge in [-0.2, -0.15) is 0 Å². The third-order valence-corrected chi connectivity index (χ3v) is 4.94. The minimum Gasteiger partial charge on any atom is -0.480 e. The van der Waals surface area contributed by atoms with Crippen molar-refractivity contribution in [1.82, 2.24) is 15.5 Å². The monoisotopic (exact) mass is 456 g/mol. The van der Waals surface area contributed by atoms with E-state index in [4.69, 9.17) is 10.5 Å². The molecule has 0 saturated carbocycles. The number of carbonyl (C=O) groups is 5. The van der Waals surface area contributed by atoms with E-state index in [1.165, 1.54) is 11.8 Å². The van der Waals surface area contributed by atoms with Crippen LogP contribution in [0.15, 0.2) is 0 Å². The Morgan fingerprint density at radius 2 is 1.72 bits per heavy atom. The Bertz CT molecular complexity index is 732. The smallest absolute Gasteiger partial charge is 0.326 e. The van der Waals surface area contributed by atoms with E-state index in [0.717, 1.165) is 0 Å². The zero-order chi connectivity index (χ0) is 24.8. The zero-order valence-electron chi connectivity index (χ0n) is 19.6. The summed E-state index contributed by atoms with van der Waals surface area (Å²) < 4.78 is 5.14. The van der Waals surface area contributed by atoms with Gasteiger partial charge >= 0.3 is 11.9 Å². The number of nitrogens with zero attached hydrogens (tertiary/aromatic N) is 1. The van der Waals surface area contributed by atoms with Gasteiger partial charge in [-0.1, -0.05) is 13.8 Å². The second-order valence-electron chi connectivity index (χ2n) is 9.39. The molecule has 1 heterocycles. The lowest BCUT2D eigenvalue weighted by atomic mass is 10.0. The SMILES string of the molecule is CC(C)[C@H](NC(=O)[C@@H]1CCCN1C(=O)[C@H](C)NC(=O)[C@@H](N)CC(=O)OC(C)(C)C)C(=O)O. The van der Waals surface area contributed by atoms with Crippen LogP contribution in [0.5, 0.6) is 0 Å². The van der Waals surface area contributed by atoms with Gasteiger partial charge in [0.2, 0.25) is 17.7 Å². The lowest BCUT2D eigenvalue weighted by Crippen LogP contribution is -2.56. The standard InChI is InChI=1S/C21H36N4O7/c1-11(2)16(20(30)31)24-18(28)14-8-7-9-25(14)19(29)12(3)23-17(27)13(22)10-15(26)32-21(4,5)6/h11-14,16H,7-10,22H2,1-6H3,(H,23,27)(H,24,28)(H,30,31)/t12-,13-,14-,16-/m0/s1. The highest BCUT2D eigenvalue weighted by atomic mass is 16.6. The molecule has 32 heavy (non-hydrogen) atoms. The first-order valence-corrected chi connectivity index (χ1v) is 10.8. The minimum absolute atomic E-state index is 0.306. The van der Waals surface area contributed by atoms with Crippen LogP contribution in [0.2, 0.25) is 0 Å². The molecule has 4 atom stereocenters. The predicted molar refractivity (Wildman–Crippen MR) is 115 cm³/mol. The molecule has 0 aromatic heterocycles. The predicted octanol–water partition coefficient (Wildman–Crippen LogP) is -0.233. The van der Waals surface area contributed by atoms with Gasteiger partial charge in [0.25, 0.3) is 0 Å². The van der Waals surface area contributed by atoms with Gasteiger partial charge in [-0.15, -0.1) is 0 Å². The molecule has 0 spiro atoms. The summed E-state index contributed by atoms with van der Waals surface area (Å²) in [6.45, 7) is 10.2. The lowest BCUT2D eigenvalue weighted by molar-refractivity contribution is -0.156. The average Bonchev–Trinajstić information content (AvgIpc) is 3.12. The summed E-state index contributed by atoms with van der Waals surface area (Å²) in [6, 6.07) is -4.07. The first-order chi connectivity index (χ1) is 14.6. The summed E-state index contributed by atoms with van der Waals surface area (Å²) in [5.41, 5.74) is 5.06. The number of amides is 3. The van der Waals surface area contributed by atoms with Crippen molar-refractivity contribution in [3.63, 3.8) is 0 Å². The molecular weight excluding hydrogens is 420 g/mol. The molecule has 11 heteroatoms. The summed E-state index contributed by atoms with van der Waals surface area (Å²) in [5, 5.41) is 14.2. The summed E-state index contributed by atoms with van der Waals surface area (Å²) in [6.07, 6.45) is 0.618. The molecule has 1 saturated heterocycles. The van der Waals surface area contributed by atoms with E-state index in [-0.39, 0.29) is 12.3 Å². The number of nitrogens with one attached hydrogen (secondary N) is 2. The fourth-order valence-corrected chi connectivity index (χ4v) is 3.35. The van der Waals surface area contributed by atoms with Crippen molar-refractivity contribution in [1.29, 1.82) is 0 Å². The van der Waals surface area contributed by atoms with Crippen molar-refractivity contribution in [2.75, 3.05) is 6.54 Å². The fraction of sp³-hybridized carbons (Fsp3) is 0.762.